The third-order valence-electron chi connectivity index (χ3n) is 9.94. The lowest BCUT2D eigenvalue weighted by Crippen LogP contribution is -2.45. The number of likely N-dealkylation sites (N-methyl/N-ethyl adjacent to an activating group) is 1. The van der Waals surface area contributed by atoms with Gasteiger partial charge >= 0.3 is 7.82 Å². The number of allylic oxidation sites excluding steroid dienone is 19. The van der Waals surface area contributed by atoms with E-state index < -0.39 is 20.0 Å². The molecule has 1 amide bonds. The number of rotatable bonds is 42. The first kappa shape index (κ1) is 59.9. The van der Waals surface area contributed by atoms with Crippen molar-refractivity contribution in [3.05, 3.63) is 122 Å². The van der Waals surface area contributed by atoms with Crippen LogP contribution in [0.15, 0.2) is 122 Å². The third kappa shape index (κ3) is 46.7. The summed E-state index contributed by atoms with van der Waals surface area (Å²) < 4.78 is 23.5. The van der Waals surface area contributed by atoms with E-state index in [2.05, 4.69) is 129 Å². The summed E-state index contributed by atoms with van der Waals surface area (Å²) in [6.45, 7) is 4.62. The molecular formula is C54H92N2O6P+. The van der Waals surface area contributed by atoms with Crippen molar-refractivity contribution in [2.75, 3.05) is 40.9 Å². The fraction of sp³-hybridized carbons (Fsp3) is 0.611. The first-order valence-electron chi connectivity index (χ1n) is 24.4. The number of nitrogens with one attached hydrogen (secondary N) is 1. The van der Waals surface area contributed by atoms with Crippen molar-refractivity contribution >= 4 is 13.7 Å². The number of quaternary nitrogens is 1. The second-order valence-corrected chi connectivity index (χ2v) is 18.6. The standard InChI is InChI=1S/C54H91N2O6P/c1-6-8-10-12-14-16-18-19-20-21-22-23-24-25-26-27-28-29-30-31-32-33-34-35-36-37-38-40-42-44-46-48-54(58)55-52(51-62-63(59,60)61-50-49-56(3,4)5)53(57)47-45-43-41-39-17-15-13-11-9-7-2/h8,10,14,16,19-20,22-23,25-26,28-29,31-32,34-35,37-38,45,47,52-53,57H,6-7,9,11-13,15,17-18,21,24,27,30,33,36,39-44,46,48-51H2,1-5H3,(H-,55,58,59,60)/p+1/b10-8-,16-14-,20-19-,23-22-,26-25-,29-28-,32-31-,35-34-,38-37-,47-45+. The van der Waals surface area contributed by atoms with E-state index >= 15 is 0 Å². The van der Waals surface area contributed by atoms with Crippen molar-refractivity contribution in [2.45, 2.75) is 174 Å². The van der Waals surface area contributed by atoms with Gasteiger partial charge in [-0.05, 0) is 89.9 Å². The molecule has 0 spiro atoms. The van der Waals surface area contributed by atoms with E-state index in [-0.39, 0.29) is 19.1 Å². The summed E-state index contributed by atoms with van der Waals surface area (Å²) in [5, 5.41) is 13.8. The number of hydrogen-bond donors (Lipinski definition) is 3. The van der Waals surface area contributed by atoms with Gasteiger partial charge < -0.3 is 19.8 Å². The number of phosphoric ester groups is 1. The van der Waals surface area contributed by atoms with E-state index in [0.29, 0.717) is 17.4 Å². The monoisotopic (exact) mass is 896 g/mol. The van der Waals surface area contributed by atoms with Crippen LogP contribution in [0.25, 0.3) is 0 Å². The van der Waals surface area contributed by atoms with Crippen LogP contribution in [-0.4, -0.2) is 73.4 Å². The molecule has 0 aromatic rings. The van der Waals surface area contributed by atoms with Crippen LogP contribution in [0.1, 0.15) is 162 Å². The summed E-state index contributed by atoms with van der Waals surface area (Å²) in [6, 6.07) is -0.871. The topological polar surface area (TPSA) is 105 Å². The highest BCUT2D eigenvalue weighted by atomic mass is 31.2. The lowest BCUT2D eigenvalue weighted by atomic mass is 10.1. The van der Waals surface area contributed by atoms with E-state index in [1.807, 2.05) is 27.2 Å². The number of carbonyl (C=O) groups excluding carboxylic acids is 1. The second-order valence-electron chi connectivity index (χ2n) is 17.1. The Bertz CT molecular complexity index is 1430. The lowest BCUT2D eigenvalue weighted by Gasteiger charge is -2.25. The zero-order chi connectivity index (χ0) is 46.4. The summed E-state index contributed by atoms with van der Waals surface area (Å²) in [5.41, 5.74) is 0. The Morgan fingerprint density at radius 3 is 1.40 bits per heavy atom. The molecule has 3 unspecified atom stereocenters. The molecule has 358 valence electrons. The van der Waals surface area contributed by atoms with E-state index in [9.17, 15) is 19.4 Å². The SMILES string of the molecule is CC/C=C\C/C=C\C/C=C\C/C=C\C/C=C\C/C=C\C/C=C\C/C=C\C/C=C\CCCCCC(=O)NC(COP(=O)(O)OCC[N+](C)(C)C)C(O)/C=C/CCCCCCCCCC. The molecular weight excluding hydrogens is 804 g/mol. The number of aliphatic hydroxyl groups excluding tert-OH is 1. The minimum Gasteiger partial charge on any atom is -0.387 e. The van der Waals surface area contributed by atoms with E-state index in [1.165, 1.54) is 38.5 Å². The van der Waals surface area contributed by atoms with Crippen LogP contribution in [0.3, 0.4) is 0 Å². The largest absolute Gasteiger partial charge is 0.472 e. The van der Waals surface area contributed by atoms with Crippen LogP contribution >= 0.6 is 7.82 Å². The molecule has 0 heterocycles. The van der Waals surface area contributed by atoms with Crippen LogP contribution in [0.4, 0.5) is 0 Å². The average Bonchev–Trinajstić information content (AvgIpc) is 3.24. The minimum absolute atomic E-state index is 0.0473. The molecule has 0 aliphatic heterocycles. The van der Waals surface area contributed by atoms with E-state index in [4.69, 9.17) is 9.05 Å². The second kappa shape index (κ2) is 44.1. The van der Waals surface area contributed by atoms with Crippen LogP contribution in [0, 0.1) is 0 Å². The number of amides is 1. The van der Waals surface area contributed by atoms with Gasteiger partial charge in [-0.1, -0.05) is 187 Å². The molecule has 0 bridgehead atoms. The van der Waals surface area contributed by atoms with Crippen molar-refractivity contribution in [1.82, 2.24) is 5.32 Å². The van der Waals surface area contributed by atoms with Crippen LogP contribution in [0.5, 0.6) is 0 Å². The Kier molecular flexibility index (Phi) is 41.9. The molecule has 0 fully saturated rings. The minimum atomic E-state index is -4.35. The molecule has 63 heavy (non-hydrogen) atoms. The maximum absolute atomic E-state index is 12.9. The summed E-state index contributed by atoms with van der Waals surface area (Å²) in [7, 11) is 1.52. The van der Waals surface area contributed by atoms with Gasteiger partial charge in [-0.2, -0.15) is 0 Å². The van der Waals surface area contributed by atoms with Gasteiger partial charge in [-0.3, -0.25) is 13.8 Å². The summed E-state index contributed by atoms with van der Waals surface area (Å²) >= 11 is 0. The maximum Gasteiger partial charge on any atom is 0.472 e. The fourth-order valence-corrected chi connectivity index (χ4v) is 6.83. The molecule has 0 saturated heterocycles. The molecule has 0 aromatic heterocycles. The molecule has 0 radical (unpaired) electrons. The normalized spacial score (nSPS) is 15.2. The van der Waals surface area contributed by atoms with Gasteiger partial charge in [-0.25, -0.2) is 4.57 Å². The number of unbranched alkanes of at least 4 members (excludes halogenated alkanes) is 11. The number of nitrogens with zero attached hydrogens (tertiary/aromatic N) is 1. The molecule has 0 saturated carbocycles. The van der Waals surface area contributed by atoms with Gasteiger partial charge in [0.05, 0.1) is 39.9 Å². The van der Waals surface area contributed by atoms with Crippen LogP contribution in [-0.2, 0) is 18.4 Å². The molecule has 9 heteroatoms. The Morgan fingerprint density at radius 1 is 0.556 bits per heavy atom. The van der Waals surface area contributed by atoms with E-state index in [0.717, 1.165) is 103 Å². The van der Waals surface area contributed by atoms with E-state index in [1.54, 1.807) is 6.08 Å². The molecule has 3 atom stereocenters. The predicted octanol–water partition coefficient (Wildman–Crippen LogP) is 14.2. The van der Waals surface area contributed by atoms with Gasteiger partial charge in [0.25, 0.3) is 0 Å². The molecule has 0 aliphatic carbocycles. The summed E-state index contributed by atoms with van der Waals surface area (Å²) in [5.74, 6) is -0.218. The molecule has 8 nitrogen and oxygen atoms in total. The maximum atomic E-state index is 12.9. The van der Waals surface area contributed by atoms with Crippen LogP contribution < -0.4 is 5.32 Å². The Morgan fingerprint density at radius 2 is 0.952 bits per heavy atom. The highest BCUT2D eigenvalue weighted by Crippen LogP contribution is 2.43. The van der Waals surface area contributed by atoms with Crippen molar-refractivity contribution in [3.8, 4) is 0 Å². The first-order chi connectivity index (χ1) is 30.5. The predicted molar refractivity (Wildman–Crippen MR) is 272 cm³/mol. The lowest BCUT2D eigenvalue weighted by molar-refractivity contribution is -0.870. The Balaban J connectivity index is 4.31. The average molecular weight is 896 g/mol. The Labute approximate surface area is 386 Å². The van der Waals surface area contributed by atoms with Crippen molar-refractivity contribution in [2.24, 2.45) is 0 Å². The van der Waals surface area contributed by atoms with Crippen molar-refractivity contribution in [3.63, 3.8) is 0 Å². The molecule has 0 aliphatic rings. The van der Waals surface area contributed by atoms with Crippen LogP contribution in [0.2, 0.25) is 0 Å². The van der Waals surface area contributed by atoms with Gasteiger partial charge in [0.2, 0.25) is 5.91 Å². The van der Waals surface area contributed by atoms with Gasteiger partial charge in [0.15, 0.2) is 0 Å². The smallest absolute Gasteiger partial charge is 0.387 e. The quantitative estimate of drug-likeness (QED) is 0.0244. The fourth-order valence-electron chi connectivity index (χ4n) is 6.09. The molecule has 0 aromatic carbocycles. The Hall–Kier alpha value is -3.10. The molecule has 3 N–H and O–H groups in total. The first-order valence-corrected chi connectivity index (χ1v) is 25.9. The summed E-state index contributed by atoms with van der Waals surface area (Å²) in [4.78, 5) is 23.1. The van der Waals surface area contributed by atoms with Crippen molar-refractivity contribution < 1.29 is 32.9 Å². The van der Waals surface area contributed by atoms with Crippen molar-refractivity contribution in [1.29, 1.82) is 0 Å². The number of carbonyl (C=O) groups is 1. The highest BCUT2D eigenvalue weighted by molar-refractivity contribution is 7.47. The number of hydrogen-bond acceptors (Lipinski definition) is 5. The number of phosphoric acid groups is 1. The van der Waals surface area contributed by atoms with Gasteiger partial charge in [-0.15, -0.1) is 0 Å². The van der Waals surface area contributed by atoms with Gasteiger partial charge in [0, 0.05) is 6.42 Å². The zero-order valence-electron chi connectivity index (χ0n) is 40.5. The zero-order valence-corrected chi connectivity index (χ0v) is 41.4. The third-order valence-corrected chi connectivity index (χ3v) is 10.9. The van der Waals surface area contributed by atoms with Gasteiger partial charge in [0.1, 0.15) is 13.2 Å². The number of aliphatic hydroxyl groups is 1. The molecule has 0 rings (SSSR count). The summed E-state index contributed by atoms with van der Waals surface area (Å²) in [6.07, 6.45) is 65.7. The highest BCUT2D eigenvalue weighted by Gasteiger charge is 2.27.